The van der Waals surface area contributed by atoms with E-state index in [9.17, 15) is 24.3 Å². The summed E-state index contributed by atoms with van der Waals surface area (Å²) in [6.07, 6.45) is 5.65. The number of esters is 1. The molecule has 0 unspecified atom stereocenters. The van der Waals surface area contributed by atoms with Gasteiger partial charge in [0.1, 0.15) is 17.7 Å². The van der Waals surface area contributed by atoms with Crippen molar-refractivity contribution in [2.75, 3.05) is 26.2 Å². The molecule has 3 saturated heterocycles. The Bertz CT molecular complexity index is 1450. The molecule has 0 aliphatic carbocycles. The van der Waals surface area contributed by atoms with E-state index in [0.29, 0.717) is 57.2 Å². The first-order valence-corrected chi connectivity index (χ1v) is 17.0. The smallest absolute Gasteiger partial charge is 0.313 e. The number of hydrogen-bond donors (Lipinski definition) is 2. The molecule has 1 spiro atoms. The molecule has 0 radical (unpaired) electrons. The van der Waals surface area contributed by atoms with Gasteiger partial charge in [-0.1, -0.05) is 72.8 Å². The lowest BCUT2D eigenvalue weighted by atomic mass is 9.70. The lowest BCUT2D eigenvalue weighted by molar-refractivity contribution is -0.160. The van der Waals surface area contributed by atoms with Crippen LogP contribution in [0.25, 0.3) is 0 Å². The third kappa shape index (κ3) is 7.39. The zero-order chi connectivity index (χ0) is 34.1. The number of ether oxygens (including phenoxy) is 2. The molecular weight excluding hydrogens is 610 g/mol. The van der Waals surface area contributed by atoms with E-state index >= 15 is 0 Å². The first kappa shape index (κ1) is 35.0. The maximum Gasteiger partial charge on any atom is 0.313 e. The number of allylic oxidation sites excluding steroid dienone is 1. The van der Waals surface area contributed by atoms with E-state index in [1.165, 1.54) is 0 Å². The second-order valence-corrected chi connectivity index (χ2v) is 12.8. The van der Waals surface area contributed by atoms with E-state index in [1.54, 1.807) is 22.0 Å². The summed E-state index contributed by atoms with van der Waals surface area (Å²) in [5.41, 5.74) is 0.490. The highest BCUT2D eigenvalue weighted by Crippen LogP contribution is 2.59. The zero-order valence-electron chi connectivity index (χ0n) is 27.5. The maximum absolute atomic E-state index is 14.6. The molecule has 0 saturated carbocycles. The molecule has 256 valence electrons. The average Bonchev–Trinajstić information content (AvgIpc) is 3.75. The van der Waals surface area contributed by atoms with E-state index < -0.39 is 41.7 Å². The van der Waals surface area contributed by atoms with Gasteiger partial charge in [0.2, 0.25) is 17.7 Å². The van der Waals surface area contributed by atoms with Crippen LogP contribution in [0, 0.1) is 11.8 Å². The number of nitrogens with zero attached hydrogens (tertiary/aromatic N) is 2. The number of hydrogen-bond acceptors (Lipinski definition) is 7. The lowest BCUT2D eigenvalue weighted by Crippen LogP contribution is -2.56. The number of carbonyl (C=O) groups is 4. The topological polar surface area (TPSA) is 125 Å². The van der Waals surface area contributed by atoms with Crippen molar-refractivity contribution >= 4 is 23.7 Å². The van der Waals surface area contributed by atoms with Crippen LogP contribution >= 0.6 is 0 Å². The molecule has 2 aromatic rings. The third-order valence-corrected chi connectivity index (χ3v) is 9.73. The monoisotopic (exact) mass is 657 g/mol. The fraction of sp³-hybridized carbons (Fsp3) is 0.474. The van der Waals surface area contributed by atoms with Crippen LogP contribution in [0.3, 0.4) is 0 Å². The van der Waals surface area contributed by atoms with Gasteiger partial charge in [-0.05, 0) is 49.7 Å². The van der Waals surface area contributed by atoms with E-state index in [2.05, 4.69) is 18.5 Å². The summed E-state index contributed by atoms with van der Waals surface area (Å²) in [6.45, 7) is 8.58. The molecule has 3 heterocycles. The van der Waals surface area contributed by atoms with Crippen LogP contribution in [0.4, 0.5) is 0 Å². The molecule has 3 aliphatic rings. The fourth-order valence-electron chi connectivity index (χ4n) is 7.52. The van der Waals surface area contributed by atoms with E-state index in [4.69, 9.17) is 9.47 Å². The number of carbonyl (C=O) groups excluding carboxylic acids is 4. The second-order valence-electron chi connectivity index (χ2n) is 12.8. The minimum atomic E-state index is -1.17. The quantitative estimate of drug-likeness (QED) is 0.141. The van der Waals surface area contributed by atoms with Gasteiger partial charge in [-0.25, -0.2) is 0 Å². The zero-order valence-corrected chi connectivity index (χ0v) is 27.5. The molecule has 3 fully saturated rings. The minimum absolute atomic E-state index is 0.0447. The fourth-order valence-corrected chi connectivity index (χ4v) is 7.52. The summed E-state index contributed by atoms with van der Waals surface area (Å²) < 4.78 is 12.8. The molecule has 2 aromatic carbocycles. The highest BCUT2D eigenvalue weighted by molar-refractivity contribution is 5.98. The highest BCUT2D eigenvalue weighted by Gasteiger charge is 2.75. The van der Waals surface area contributed by atoms with Crippen LogP contribution < -0.4 is 5.32 Å². The second kappa shape index (κ2) is 16.2. The van der Waals surface area contributed by atoms with E-state index in [1.807, 2.05) is 60.7 Å². The van der Waals surface area contributed by atoms with Crippen LogP contribution in [0.5, 0.6) is 0 Å². The number of fused-ring (bicyclic) bond motifs is 1. The van der Waals surface area contributed by atoms with Gasteiger partial charge in [0.05, 0.1) is 24.5 Å². The summed E-state index contributed by atoms with van der Waals surface area (Å²) in [6, 6.07) is 17.9. The Labute approximate surface area is 282 Å². The molecule has 3 amide bonds. The molecule has 2 N–H and O–H groups in total. The first-order chi connectivity index (χ1) is 23.3. The van der Waals surface area contributed by atoms with Crippen molar-refractivity contribution in [3.05, 3.63) is 97.1 Å². The first-order valence-electron chi connectivity index (χ1n) is 17.0. The van der Waals surface area contributed by atoms with E-state index in [0.717, 1.165) is 5.56 Å². The molecular formula is C38H47N3O7. The predicted octanol–water partition coefficient (Wildman–Crippen LogP) is 4.11. The summed E-state index contributed by atoms with van der Waals surface area (Å²) in [5.74, 6) is -3.05. The Morgan fingerprint density at radius 1 is 1.06 bits per heavy atom. The number of rotatable bonds is 18. The van der Waals surface area contributed by atoms with Gasteiger partial charge in [-0.15, -0.1) is 13.2 Å². The van der Waals surface area contributed by atoms with Crippen molar-refractivity contribution in [2.45, 2.75) is 75.3 Å². The van der Waals surface area contributed by atoms with Gasteiger partial charge in [0, 0.05) is 32.7 Å². The summed E-state index contributed by atoms with van der Waals surface area (Å²) in [7, 11) is 0. The van der Waals surface area contributed by atoms with Gasteiger partial charge in [0.15, 0.2) is 0 Å². The number of aliphatic hydroxyl groups excluding tert-OH is 1. The molecule has 10 nitrogen and oxygen atoms in total. The lowest BCUT2D eigenvalue weighted by Gasteiger charge is -2.37. The molecule has 48 heavy (non-hydrogen) atoms. The van der Waals surface area contributed by atoms with Crippen molar-refractivity contribution in [1.29, 1.82) is 0 Å². The average molecular weight is 658 g/mol. The van der Waals surface area contributed by atoms with Gasteiger partial charge in [0.25, 0.3) is 0 Å². The van der Waals surface area contributed by atoms with Crippen molar-refractivity contribution in [3.8, 4) is 0 Å². The highest BCUT2D eigenvalue weighted by atomic mass is 16.6. The summed E-state index contributed by atoms with van der Waals surface area (Å²) in [5, 5.41) is 12.2. The molecule has 10 heteroatoms. The van der Waals surface area contributed by atoms with Gasteiger partial charge >= 0.3 is 5.97 Å². The normalized spacial score (nSPS) is 24.5. The Kier molecular flexibility index (Phi) is 11.8. The number of unbranched alkanes of at least 4 members (excludes halogenated alkanes) is 2. The molecule has 3 aliphatic heterocycles. The SMILES string of the molecule is C=CCCC(=O)NC[C@@H](OC(=O)[C@@H]1[C@H]2C(=O)N(CCCCCO)[C@H](C(=O)N(CC=C)Cc3ccccc3)[C@]23CC[C@H]1O3)c1ccccc1. The third-order valence-electron chi connectivity index (χ3n) is 9.73. The number of amides is 3. The molecule has 5 rings (SSSR count). The summed E-state index contributed by atoms with van der Waals surface area (Å²) >= 11 is 0. The van der Waals surface area contributed by atoms with Crippen molar-refractivity contribution in [2.24, 2.45) is 11.8 Å². The van der Waals surface area contributed by atoms with Gasteiger partial charge in [-0.2, -0.15) is 0 Å². The Morgan fingerprint density at radius 2 is 1.79 bits per heavy atom. The maximum atomic E-state index is 14.6. The van der Waals surface area contributed by atoms with Gasteiger partial charge in [-0.3, -0.25) is 19.2 Å². The van der Waals surface area contributed by atoms with Crippen molar-refractivity contribution in [3.63, 3.8) is 0 Å². The number of nitrogens with one attached hydrogen (secondary N) is 1. The van der Waals surface area contributed by atoms with Gasteiger partial charge < -0.3 is 29.7 Å². The largest absolute Gasteiger partial charge is 0.455 e. The van der Waals surface area contributed by atoms with Crippen LogP contribution in [0.2, 0.25) is 0 Å². The van der Waals surface area contributed by atoms with Crippen LogP contribution in [-0.2, 0) is 35.2 Å². The van der Waals surface area contributed by atoms with Crippen LogP contribution in [0.15, 0.2) is 86.0 Å². The van der Waals surface area contributed by atoms with Crippen LogP contribution in [-0.4, -0.2) is 82.6 Å². The van der Waals surface area contributed by atoms with Crippen molar-refractivity contribution in [1.82, 2.24) is 15.1 Å². The van der Waals surface area contributed by atoms with Crippen LogP contribution in [0.1, 0.15) is 62.2 Å². The Morgan fingerprint density at radius 3 is 2.48 bits per heavy atom. The molecule has 0 aromatic heterocycles. The summed E-state index contributed by atoms with van der Waals surface area (Å²) in [4.78, 5) is 58.9. The minimum Gasteiger partial charge on any atom is -0.455 e. The standard InChI is InChI=1S/C38H47N3O7/c1-3-5-19-31(43)39-25-30(28-17-11-7-12-18-28)47-37(46)32-29-20-21-38(48-29)33(32)35(44)41(23-13-8-14-24-42)34(38)36(45)40(22-4-2)26-27-15-9-6-10-16-27/h3-4,6-7,9-12,15-18,29-30,32-34,42H,1-2,5,8,13-14,19-26H2,(H,39,43)/t29-,30-,32+,33+,34-,38+/m1/s1. The number of aliphatic hydroxyl groups is 1. The molecule has 2 bridgehead atoms. The predicted molar refractivity (Wildman–Crippen MR) is 180 cm³/mol. The Hall–Kier alpha value is -4.28. The van der Waals surface area contributed by atoms with E-state index in [-0.39, 0.29) is 43.8 Å². The number of benzene rings is 2. The number of likely N-dealkylation sites (tertiary alicyclic amines) is 1. The Balaban J connectivity index is 1.42. The van der Waals surface area contributed by atoms with Crippen molar-refractivity contribution < 1.29 is 33.8 Å². The molecule has 6 atom stereocenters.